The third-order valence-electron chi connectivity index (χ3n) is 5.06. The number of carbonyl (C=O) groups excluding carboxylic acids is 3. The lowest BCUT2D eigenvalue weighted by molar-refractivity contribution is -0.119. The molecule has 0 radical (unpaired) electrons. The van der Waals surface area contributed by atoms with E-state index >= 15 is 0 Å². The number of hydrogen-bond acceptors (Lipinski definition) is 8. The summed E-state index contributed by atoms with van der Waals surface area (Å²) in [5, 5.41) is 3.14. The van der Waals surface area contributed by atoms with Crippen LogP contribution in [0.4, 0.5) is 5.00 Å². The first-order valence-corrected chi connectivity index (χ1v) is 10.3. The molecule has 4 rings (SSSR count). The van der Waals surface area contributed by atoms with Crippen molar-refractivity contribution in [3.63, 3.8) is 0 Å². The van der Waals surface area contributed by atoms with Gasteiger partial charge in [-0.15, -0.1) is 11.3 Å². The lowest BCUT2D eigenvalue weighted by atomic mass is 9.88. The summed E-state index contributed by atoms with van der Waals surface area (Å²) in [7, 11) is 1.32. The number of nitrogens with zero attached hydrogens (tertiary/aromatic N) is 1. The predicted molar refractivity (Wildman–Crippen MR) is 110 cm³/mol. The molecule has 0 spiro atoms. The van der Waals surface area contributed by atoms with Crippen LogP contribution in [0.15, 0.2) is 29.0 Å². The fourth-order valence-corrected chi connectivity index (χ4v) is 4.93. The van der Waals surface area contributed by atoms with Crippen molar-refractivity contribution in [3.05, 3.63) is 46.2 Å². The molecule has 156 valence electrons. The van der Waals surface area contributed by atoms with Crippen molar-refractivity contribution in [1.82, 2.24) is 4.98 Å². The van der Waals surface area contributed by atoms with Crippen molar-refractivity contribution in [2.45, 2.75) is 26.2 Å². The first-order valence-electron chi connectivity index (χ1n) is 9.49. The van der Waals surface area contributed by atoms with Gasteiger partial charge in [0.15, 0.2) is 18.6 Å². The summed E-state index contributed by atoms with van der Waals surface area (Å²) >= 11 is 1.38. The number of benzene rings is 1. The van der Waals surface area contributed by atoms with E-state index in [4.69, 9.17) is 13.9 Å². The number of carbonyl (C=O) groups is 3. The smallest absolute Gasteiger partial charge is 0.341 e. The van der Waals surface area contributed by atoms with Crippen molar-refractivity contribution in [2.75, 3.05) is 19.0 Å². The summed E-state index contributed by atoms with van der Waals surface area (Å²) in [4.78, 5) is 42.0. The van der Waals surface area contributed by atoms with Crippen molar-refractivity contribution in [2.24, 2.45) is 5.92 Å². The Hall–Kier alpha value is -3.20. The number of methoxy groups -OCH3 is 1. The standard InChI is InChI=1S/C21H20N2O6S/c1-11-3-5-13-16(7-11)30-19(18(13)21(26)27-2)23-17(24)9-28-20(25)12-4-6-14-15(8-12)29-10-22-14/h4,6,8,10-11H,3,5,7,9H2,1-2H3,(H,23,24). The zero-order chi connectivity index (χ0) is 21.3. The van der Waals surface area contributed by atoms with E-state index < -0.39 is 24.5 Å². The van der Waals surface area contributed by atoms with E-state index in [-0.39, 0.29) is 5.56 Å². The van der Waals surface area contributed by atoms with Gasteiger partial charge in [-0.2, -0.15) is 0 Å². The molecule has 3 aromatic rings. The van der Waals surface area contributed by atoms with Crippen LogP contribution in [0.1, 0.15) is 44.5 Å². The first-order chi connectivity index (χ1) is 14.5. The molecule has 8 nitrogen and oxygen atoms in total. The summed E-state index contributed by atoms with van der Waals surface area (Å²) in [6, 6.07) is 4.69. The summed E-state index contributed by atoms with van der Waals surface area (Å²) < 4.78 is 15.2. The third kappa shape index (κ3) is 3.93. The molecule has 2 aromatic heterocycles. The van der Waals surface area contributed by atoms with E-state index in [0.29, 0.717) is 27.6 Å². The van der Waals surface area contributed by atoms with Crippen molar-refractivity contribution in [3.8, 4) is 0 Å². The molecule has 0 aliphatic heterocycles. The molecule has 1 N–H and O–H groups in total. The minimum atomic E-state index is -0.657. The van der Waals surface area contributed by atoms with Crippen LogP contribution >= 0.6 is 11.3 Å². The number of rotatable bonds is 5. The monoisotopic (exact) mass is 428 g/mol. The van der Waals surface area contributed by atoms with Gasteiger partial charge in [-0.25, -0.2) is 14.6 Å². The second-order valence-corrected chi connectivity index (χ2v) is 8.31. The quantitative estimate of drug-likeness (QED) is 0.619. The maximum absolute atomic E-state index is 12.4. The molecule has 1 aliphatic carbocycles. The highest BCUT2D eigenvalue weighted by Gasteiger charge is 2.29. The number of oxazole rings is 1. The van der Waals surface area contributed by atoms with Crippen LogP contribution < -0.4 is 5.32 Å². The number of anilines is 1. The fraction of sp³-hybridized carbons (Fsp3) is 0.333. The molecule has 2 heterocycles. The molecule has 1 aromatic carbocycles. The van der Waals surface area contributed by atoms with E-state index in [1.54, 1.807) is 12.1 Å². The Kier molecular flexibility index (Phi) is 5.54. The average molecular weight is 428 g/mol. The van der Waals surface area contributed by atoms with Gasteiger partial charge in [-0.3, -0.25) is 4.79 Å². The topological polar surface area (TPSA) is 108 Å². The Morgan fingerprint density at radius 1 is 1.30 bits per heavy atom. The summed E-state index contributed by atoms with van der Waals surface area (Å²) in [5.41, 5.74) is 2.67. The number of amides is 1. The number of esters is 2. The average Bonchev–Trinajstić information content (AvgIpc) is 3.34. The zero-order valence-electron chi connectivity index (χ0n) is 16.5. The van der Waals surface area contributed by atoms with Gasteiger partial charge in [0.1, 0.15) is 10.5 Å². The van der Waals surface area contributed by atoms with E-state index in [9.17, 15) is 14.4 Å². The highest BCUT2D eigenvalue weighted by molar-refractivity contribution is 7.17. The van der Waals surface area contributed by atoms with Crippen LogP contribution in [-0.4, -0.2) is 36.5 Å². The first kappa shape index (κ1) is 20.1. The predicted octanol–water partition coefficient (Wildman–Crippen LogP) is 3.60. The van der Waals surface area contributed by atoms with Crippen LogP contribution in [0.25, 0.3) is 11.1 Å². The van der Waals surface area contributed by atoms with Crippen molar-refractivity contribution < 1.29 is 28.3 Å². The zero-order valence-corrected chi connectivity index (χ0v) is 17.3. The maximum Gasteiger partial charge on any atom is 0.341 e. The van der Waals surface area contributed by atoms with E-state index in [2.05, 4.69) is 17.2 Å². The van der Waals surface area contributed by atoms with Crippen LogP contribution in [0.2, 0.25) is 0 Å². The van der Waals surface area contributed by atoms with Crippen LogP contribution in [0.3, 0.4) is 0 Å². The Labute approximate surface area is 176 Å². The number of thiophene rings is 1. The molecule has 30 heavy (non-hydrogen) atoms. The Morgan fingerprint density at radius 3 is 2.93 bits per heavy atom. The van der Waals surface area contributed by atoms with Crippen LogP contribution in [0, 0.1) is 5.92 Å². The van der Waals surface area contributed by atoms with Gasteiger partial charge in [0.05, 0.1) is 18.2 Å². The van der Waals surface area contributed by atoms with Crippen LogP contribution in [-0.2, 0) is 27.1 Å². The number of aromatic nitrogens is 1. The molecule has 1 aliphatic rings. The molecule has 1 atom stereocenters. The second-order valence-electron chi connectivity index (χ2n) is 7.21. The Bertz CT molecular complexity index is 1130. The Balaban J connectivity index is 1.44. The fourth-order valence-electron chi connectivity index (χ4n) is 3.52. The number of fused-ring (bicyclic) bond motifs is 2. The lowest BCUT2D eigenvalue weighted by Crippen LogP contribution is -2.22. The van der Waals surface area contributed by atoms with Gasteiger partial charge in [0, 0.05) is 4.88 Å². The van der Waals surface area contributed by atoms with Crippen molar-refractivity contribution >= 4 is 45.3 Å². The van der Waals surface area contributed by atoms with Gasteiger partial charge in [0.25, 0.3) is 5.91 Å². The van der Waals surface area contributed by atoms with E-state index in [1.165, 1.54) is 30.9 Å². The third-order valence-corrected chi connectivity index (χ3v) is 6.23. The molecule has 0 fully saturated rings. The minimum Gasteiger partial charge on any atom is -0.465 e. The second kappa shape index (κ2) is 8.27. The molecule has 0 saturated carbocycles. The van der Waals surface area contributed by atoms with Gasteiger partial charge in [0.2, 0.25) is 0 Å². The minimum absolute atomic E-state index is 0.253. The van der Waals surface area contributed by atoms with Gasteiger partial charge < -0.3 is 19.2 Å². The lowest BCUT2D eigenvalue weighted by Gasteiger charge is -2.18. The van der Waals surface area contributed by atoms with Crippen molar-refractivity contribution in [1.29, 1.82) is 0 Å². The van der Waals surface area contributed by atoms with Gasteiger partial charge in [-0.05, 0) is 48.9 Å². The molecular formula is C21H20N2O6S. The SMILES string of the molecule is COC(=O)c1c(NC(=O)COC(=O)c2ccc3ncoc3c2)sc2c1CCC(C)C2. The molecule has 9 heteroatoms. The van der Waals surface area contributed by atoms with E-state index in [1.807, 2.05) is 0 Å². The molecule has 1 amide bonds. The highest BCUT2D eigenvalue weighted by atomic mass is 32.1. The number of hydrogen-bond donors (Lipinski definition) is 1. The number of nitrogens with one attached hydrogen (secondary N) is 1. The summed E-state index contributed by atoms with van der Waals surface area (Å²) in [6.07, 6.45) is 3.90. The van der Waals surface area contributed by atoms with Gasteiger partial charge in [-0.1, -0.05) is 6.92 Å². The maximum atomic E-state index is 12.4. The molecule has 1 unspecified atom stereocenters. The van der Waals surface area contributed by atoms with Crippen LogP contribution in [0.5, 0.6) is 0 Å². The Morgan fingerprint density at radius 2 is 2.13 bits per heavy atom. The molecule has 0 saturated heterocycles. The molecular weight excluding hydrogens is 408 g/mol. The normalized spacial score (nSPS) is 15.5. The molecule has 0 bridgehead atoms. The van der Waals surface area contributed by atoms with Gasteiger partial charge >= 0.3 is 11.9 Å². The highest BCUT2D eigenvalue weighted by Crippen LogP contribution is 2.40. The summed E-state index contributed by atoms with van der Waals surface area (Å²) in [5.74, 6) is -1.14. The largest absolute Gasteiger partial charge is 0.465 e. The number of ether oxygens (including phenoxy) is 2. The van der Waals surface area contributed by atoms with E-state index in [0.717, 1.165) is 29.7 Å². The summed E-state index contributed by atoms with van der Waals surface area (Å²) in [6.45, 7) is 1.68.